The van der Waals surface area contributed by atoms with Crippen LogP contribution in [0.3, 0.4) is 0 Å². The van der Waals surface area contributed by atoms with E-state index in [1.807, 2.05) is 69.5 Å². The average molecular weight is 513 g/mol. The van der Waals surface area contributed by atoms with Crippen LogP contribution in [0.1, 0.15) is 79.5 Å². The number of halogens is 1. The van der Waals surface area contributed by atoms with Gasteiger partial charge in [-0.3, -0.25) is 0 Å². The van der Waals surface area contributed by atoms with Crippen LogP contribution in [0.5, 0.6) is 0 Å². The van der Waals surface area contributed by atoms with Crippen LogP contribution >= 0.6 is 11.6 Å². The van der Waals surface area contributed by atoms with Gasteiger partial charge in [-0.05, 0) is 100 Å². The second-order valence-corrected chi connectivity index (χ2v) is 11.5. The van der Waals surface area contributed by atoms with Crippen LogP contribution in [-0.4, -0.2) is 45.6 Å². The Bertz CT molecular complexity index is 1190. The fraction of sp³-hybridized carbons (Fsp3) is 0.517. The Balaban J connectivity index is 1.89. The zero-order valence-corrected chi connectivity index (χ0v) is 23.0. The lowest BCUT2D eigenvalue weighted by Gasteiger charge is -2.30. The highest BCUT2D eigenvalue weighted by molar-refractivity contribution is 6.33. The molecule has 1 fully saturated rings. The molecule has 2 aromatic carbocycles. The number of rotatable bonds is 4. The van der Waals surface area contributed by atoms with Gasteiger partial charge in [-0.15, -0.1) is 0 Å². The van der Waals surface area contributed by atoms with E-state index in [2.05, 4.69) is 0 Å². The summed E-state index contributed by atoms with van der Waals surface area (Å²) in [6, 6.07) is 5.90. The van der Waals surface area contributed by atoms with Crippen molar-refractivity contribution in [3.63, 3.8) is 0 Å². The number of hydrogen-bond donors (Lipinski definition) is 1. The van der Waals surface area contributed by atoms with Gasteiger partial charge in [0, 0.05) is 42.3 Å². The van der Waals surface area contributed by atoms with E-state index in [9.17, 15) is 14.7 Å². The summed E-state index contributed by atoms with van der Waals surface area (Å²) in [5.41, 5.74) is 6.45. The summed E-state index contributed by atoms with van der Waals surface area (Å²) in [5.74, 6) is -1.05. The second-order valence-electron chi connectivity index (χ2n) is 11.1. The minimum atomic E-state index is -1.17. The molecule has 0 radical (unpaired) electrons. The van der Waals surface area contributed by atoms with Crippen molar-refractivity contribution in [2.45, 2.75) is 85.6 Å². The Hall–Kier alpha value is -2.57. The van der Waals surface area contributed by atoms with Crippen molar-refractivity contribution in [2.24, 2.45) is 0 Å². The van der Waals surface area contributed by atoms with E-state index in [1.165, 1.54) is 0 Å². The van der Waals surface area contributed by atoms with E-state index in [0.717, 1.165) is 71.3 Å². The molecule has 0 bridgehead atoms. The van der Waals surface area contributed by atoms with Crippen molar-refractivity contribution < 1.29 is 19.4 Å². The number of benzene rings is 2. The third-order valence-corrected chi connectivity index (χ3v) is 7.58. The summed E-state index contributed by atoms with van der Waals surface area (Å²) in [6.45, 7) is 14.1. The molecule has 7 heteroatoms. The maximum absolute atomic E-state index is 13.4. The number of carboxylic acids is 1. The summed E-state index contributed by atoms with van der Waals surface area (Å²) >= 11 is 6.75. The Morgan fingerprint density at radius 2 is 1.58 bits per heavy atom. The number of piperidine rings is 1. The topological polar surface area (TPSA) is 70.1 Å². The van der Waals surface area contributed by atoms with Gasteiger partial charge < -0.3 is 19.6 Å². The van der Waals surface area contributed by atoms with E-state index >= 15 is 0 Å². The molecule has 2 aromatic rings. The van der Waals surface area contributed by atoms with Gasteiger partial charge in [0.25, 0.3) is 0 Å². The first-order valence-corrected chi connectivity index (χ1v) is 13.1. The standard InChI is InChI=1S/C29H37ClN2O4/c1-17-10-11-20(23(30)14-17)24-18(2)21-15-32(28(35)31-12-8-7-9-13-31)16-22(21)19(3)25(24)26(27(33)34)36-29(4,5)6/h10-11,14,26H,7-9,12-13,15-16H2,1-6H3,(H,33,34)/t26-/m0/s1. The SMILES string of the molecule is Cc1ccc(-c2c(C)c3c(c(C)c2[C@H](OC(C)(C)C)C(=O)O)CN(C(=O)N2CCCCC2)C3)c(Cl)c1. The minimum Gasteiger partial charge on any atom is -0.479 e. The molecule has 0 aromatic heterocycles. The van der Waals surface area contributed by atoms with Crippen molar-refractivity contribution in [1.82, 2.24) is 9.80 Å². The van der Waals surface area contributed by atoms with E-state index in [0.29, 0.717) is 23.7 Å². The lowest BCUT2D eigenvalue weighted by molar-refractivity contribution is -0.160. The third-order valence-electron chi connectivity index (χ3n) is 7.26. The van der Waals surface area contributed by atoms with Gasteiger partial charge in [-0.1, -0.05) is 23.7 Å². The average Bonchev–Trinajstić information content (AvgIpc) is 3.26. The molecule has 2 aliphatic rings. The molecule has 1 saturated heterocycles. The lowest BCUT2D eigenvalue weighted by atomic mass is 9.83. The van der Waals surface area contributed by atoms with Crippen molar-refractivity contribution in [3.05, 3.63) is 56.6 Å². The zero-order chi connectivity index (χ0) is 26.4. The summed E-state index contributed by atoms with van der Waals surface area (Å²) < 4.78 is 6.14. The first kappa shape index (κ1) is 26.5. The zero-order valence-electron chi connectivity index (χ0n) is 22.2. The van der Waals surface area contributed by atoms with Gasteiger partial charge in [0.1, 0.15) is 0 Å². The van der Waals surface area contributed by atoms with Crippen molar-refractivity contribution in [2.75, 3.05) is 13.1 Å². The number of ether oxygens (including phenoxy) is 1. The fourth-order valence-corrected chi connectivity index (χ4v) is 5.86. The molecule has 2 heterocycles. The van der Waals surface area contributed by atoms with Crippen LogP contribution in [0.4, 0.5) is 4.79 Å². The number of aliphatic carboxylic acids is 1. The normalized spacial score (nSPS) is 16.8. The van der Waals surface area contributed by atoms with Gasteiger partial charge in [0.2, 0.25) is 0 Å². The van der Waals surface area contributed by atoms with Gasteiger partial charge in [-0.25, -0.2) is 9.59 Å². The maximum atomic E-state index is 13.4. The molecular weight excluding hydrogens is 476 g/mol. The van der Waals surface area contributed by atoms with E-state index < -0.39 is 17.7 Å². The molecule has 0 saturated carbocycles. The predicted molar refractivity (Wildman–Crippen MR) is 142 cm³/mol. The molecule has 4 rings (SSSR count). The molecule has 1 atom stereocenters. The monoisotopic (exact) mass is 512 g/mol. The number of carbonyl (C=O) groups excluding carboxylic acids is 1. The molecule has 0 aliphatic carbocycles. The number of nitrogens with zero attached hydrogens (tertiary/aromatic N) is 2. The lowest BCUT2D eigenvalue weighted by Crippen LogP contribution is -2.43. The van der Waals surface area contributed by atoms with Crippen LogP contribution in [0.15, 0.2) is 18.2 Å². The van der Waals surface area contributed by atoms with Crippen LogP contribution < -0.4 is 0 Å². The molecule has 0 unspecified atom stereocenters. The smallest absolute Gasteiger partial charge is 0.337 e. The highest BCUT2D eigenvalue weighted by atomic mass is 35.5. The van der Waals surface area contributed by atoms with Crippen molar-refractivity contribution in [3.8, 4) is 11.1 Å². The molecule has 2 amide bonds. The van der Waals surface area contributed by atoms with Gasteiger partial charge >= 0.3 is 12.0 Å². The van der Waals surface area contributed by atoms with Crippen LogP contribution in [0.2, 0.25) is 5.02 Å². The number of aryl methyl sites for hydroxylation is 1. The van der Waals surface area contributed by atoms with Gasteiger partial charge in [-0.2, -0.15) is 0 Å². The molecule has 1 N–H and O–H groups in total. The summed E-state index contributed by atoms with van der Waals surface area (Å²) in [5, 5.41) is 10.9. The summed E-state index contributed by atoms with van der Waals surface area (Å²) in [4.78, 5) is 29.8. The van der Waals surface area contributed by atoms with Crippen molar-refractivity contribution in [1.29, 1.82) is 0 Å². The highest BCUT2D eigenvalue weighted by Gasteiger charge is 2.37. The van der Waals surface area contributed by atoms with Crippen LogP contribution in [0, 0.1) is 20.8 Å². The van der Waals surface area contributed by atoms with Gasteiger partial charge in [0.05, 0.1) is 5.60 Å². The first-order valence-electron chi connectivity index (χ1n) is 12.7. The Kier molecular flexibility index (Phi) is 7.40. The maximum Gasteiger partial charge on any atom is 0.337 e. The fourth-order valence-electron chi connectivity index (χ4n) is 5.53. The Morgan fingerprint density at radius 3 is 2.14 bits per heavy atom. The number of carbonyl (C=O) groups is 2. The molecule has 36 heavy (non-hydrogen) atoms. The quantitative estimate of drug-likeness (QED) is 0.489. The Morgan fingerprint density at radius 1 is 0.972 bits per heavy atom. The predicted octanol–water partition coefficient (Wildman–Crippen LogP) is 6.79. The first-order chi connectivity index (χ1) is 16.9. The largest absolute Gasteiger partial charge is 0.479 e. The number of urea groups is 1. The molecular formula is C29H37ClN2O4. The number of amides is 2. The van der Waals surface area contributed by atoms with Crippen LogP contribution in [0.25, 0.3) is 11.1 Å². The molecule has 6 nitrogen and oxygen atoms in total. The van der Waals surface area contributed by atoms with E-state index in [4.69, 9.17) is 16.3 Å². The van der Waals surface area contributed by atoms with E-state index in [-0.39, 0.29) is 6.03 Å². The van der Waals surface area contributed by atoms with Crippen LogP contribution in [-0.2, 0) is 22.6 Å². The molecule has 194 valence electrons. The molecule has 0 spiro atoms. The Labute approximate surface area is 219 Å². The number of hydrogen-bond acceptors (Lipinski definition) is 3. The third kappa shape index (κ3) is 5.12. The number of carboxylic acid groups (broad SMARTS) is 1. The number of fused-ring (bicyclic) bond motifs is 1. The molecule has 2 aliphatic heterocycles. The van der Waals surface area contributed by atoms with Gasteiger partial charge in [0.15, 0.2) is 6.10 Å². The highest BCUT2D eigenvalue weighted by Crippen LogP contribution is 2.45. The minimum absolute atomic E-state index is 0.0573. The summed E-state index contributed by atoms with van der Waals surface area (Å²) in [6.07, 6.45) is 2.06. The summed E-state index contributed by atoms with van der Waals surface area (Å²) in [7, 11) is 0. The van der Waals surface area contributed by atoms with Crippen molar-refractivity contribution >= 4 is 23.6 Å². The van der Waals surface area contributed by atoms with E-state index in [1.54, 1.807) is 0 Å². The second kappa shape index (κ2) is 10.1. The number of likely N-dealkylation sites (tertiary alicyclic amines) is 1.